The highest BCUT2D eigenvalue weighted by atomic mass is 127. The van der Waals surface area contributed by atoms with Crippen LogP contribution in [0.3, 0.4) is 0 Å². The summed E-state index contributed by atoms with van der Waals surface area (Å²) in [4.78, 5) is 0. The summed E-state index contributed by atoms with van der Waals surface area (Å²) in [5.41, 5.74) is 1.30. The molecule has 0 aromatic carbocycles. The van der Waals surface area contributed by atoms with E-state index in [0.717, 1.165) is 3.58 Å². The Hall–Kier alpha value is -0.260. The number of alkyl halides is 3. The molecule has 0 bridgehead atoms. The average molecular weight is 314 g/mol. The van der Waals surface area contributed by atoms with Crippen LogP contribution in [0.2, 0.25) is 0 Å². The van der Waals surface area contributed by atoms with Gasteiger partial charge in [0, 0.05) is 3.58 Å². The van der Waals surface area contributed by atoms with E-state index in [1.54, 1.807) is 13.0 Å². The molecule has 1 unspecified atom stereocenters. The fourth-order valence-corrected chi connectivity index (χ4v) is 2.16. The molecule has 0 spiro atoms. The third-order valence-corrected chi connectivity index (χ3v) is 3.08. The number of hydrogen-bond acceptors (Lipinski definition) is 0. The Morgan fingerprint density at radius 2 is 2.14 bits per heavy atom. The smallest absolute Gasteiger partial charge is 0.170 e. The lowest BCUT2D eigenvalue weighted by molar-refractivity contribution is -0.160. The molecule has 0 saturated heterocycles. The van der Waals surface area contributed by atoms with Crippen molar-refractivity contribution in [3.63, 3.8) is 0 Å². The maximum absolute atomic E-state index is 12.4. The van der Waals surface area contributed by atoms with Gasteiger partial charge in [0.1, 0.15) is 0 Å². The first-order valence-electron chi connectivity index (χ1n) is 4.13. The fraction of sp³-hybridized carbons (Fsp3) is 0.400. The highest BCUT2D eigenvalue weighted by molar-refractivity contribution is 14.1. The van der Waals surface area contributed by atoms with Gasteiger partial charge in [-0.15, -0.1) is 0 Å². The van der Waals surface area contributed by atoms with Gasteiger partial charge >= 0.3 is 6.18 Å². The number of halogens is 4. The number of rotatable bonds is 1. The predicted octanol–water partition coefficient (Wildman–Crippen LogP) is 4.39. The van der Waals surface area contributed by atoms with Gasteiger partial charge in [0.05, 0.1) is 5.92 Å². The molecule has 0 aromatic heterocycles. The SMILES string of the molecule is C=C(C)C1=CC(C(F)(F)F)CC=C1I. The van der Waals surface area contributed by atoms with Crippen molar-refractivity contribution in [1.29, 1.82) is 0 Å². The van der Waals surface area contributed by atoms with Gasteiger partial charge in [-0.1, -0.05) is 24.3 Å². The summed E-state index contributed by atoms with van der Waals surface area (Å²) in [5, 5.41) is 0. The van der Waals surface area contributed by atoms with Crippen molar-refractivity contribution in [2.45, 2.75) is 19.5 Å². The largest absolute Gasteiger partial charge is 0.395 e. The molecule has 14 heavy (non-hydrogen) atoms. The van der Waals surface area contributed by atoms with E-state index in [2.05, 4.69) is 6.58 Å². The second-order valence-corrected chi connectivity index (χ2v) is 4.46. The minimum atomic E-state index is -4.14. The molecule has 0 fully saturated rings. The molecule has 0 N–H and O–H groups in total. The Kier molecular flexibility index (Phi) is 3.44. The standard InChI is InChI=1S/C10H10F3I/c1-6(2)8-5-7(10(11,12)13)3-4-9(8)14/h4-5,7H,1,3H2,2H3. The quantitative estimate of drug-likeness (QED) is 0.630. The van der Waals surface area contributed by atoms with Crippen LogP contribution in [0.25, 0.3) is 0 Å². The highest BCUT2D eigenvalue weighted by Gasteiger charge is 2.38. The third-order valence-electron chi connectivity index (χ3n) is 2.06. The first-order chi connectivity index (χ1) is 6.32. The molecular weight excluding hydrogens is 304 g/mol. The van der Waals surface area contributed by atoms with E-state index >= 15 is 0 Å². The number of hydrogen-bond donors (Lipinski definition) is 0. The van der Waals surface area contributed by atoms with Crippen molar-refractivity contribution < 1.29 is 13.2 Å². The zero-order valence-corrected chi connectivity index (χ0v) is 9.82. The maximum atomic E-state index is 12.4. The molecule has 4 heteroatoms. The minimum Gasteiger partial charge on any atom is -0.170 e. The Labute approximate surface area is 94.7 Å². The predicted molar refractivity (Wildman–Crippen MR) is 59.2 cm³/mol. The molecule has 0 heterocycles. The van der Waals surface area contributed by atoms with Gasteiger partial charge in [0.25, 0.3) is 0 Å². The summed E-state index contributed by atoms with van der Waals surface area (Å²) in [7, 11) is 0. The molecule has 0 aromatic rings. The van der Waals surface area contributed by atoms with Gasteiger partial charge in [-0.25, -0.2) is 0 Å². The highest BCUT2D eigenvalue weighted by Crippen LogP contribution is 2.38. The molecule has 0 nitrogen and oxygen atoms in total. The van der Waals surface area contributed by atoms with Crippen LogP contribution in [0, 0.1) is 5.92 Å². The van der Waals surface area contributed by atoms with Crippen molar-refractivity contribution in [1.82, 2.24) is 0 Å². The number of allylic oxidation sites excluding steroid dienone is 5. The Morgan fingerprint density at radius 1 is 1.57 bits per heavy atom. The van der Waals surface area contributed by atoms with E-state index in [9.17, 15) is 13.2 Å². The van der Waals surface area contributed by atoms with Gasteiger partial charge in [-0.3, -0.25) is 0 Å². The van der Waals surface area contributed by atoms with Crippen LogP contribution in [-0.4, -0.2) is 6.18 Å². The van der Waals surface area contributed by atoms with Gasteiger partial charge in [-0.05, 0) is 41.5 Å². The lowest BCUT2D eigenvalue weighted by Gasteiger charge is -2.21. The third kappa shape index (κ3) is 2.62. The van der Waals surface area contributed by atoms with Gasteiger partial charge in [0.15, 0.2) is 0 Å². The van der Waals surface area contributed by atoms with Crippen LogP contribution in [0.5, 0.6) is 0 Å². The van der Waals surface area contributed by atoms with Crippen LogP contribution in [0.1, 0.15) is 13.3 Å². The van der Waals surface area contributed by atoms with Crippen LogP contribution < -0.4 is 0 Å². The minimum absolute atomic E-state index is 0.0402. The first-order valence-corrected chi connectivity index (χ1v) is 5.20. The molecule has 1 rings (SSSR count). The van der Waals surface area contributed by atoms with Crippen molar-refractivity contribution in [2.24, 2.45) is 5.92 Å². The summed E-state index contributed by atoms with van der Waals surface area (Å²) in [6, 6.07) is 0. The molecular formula is C10H10F3I. The van der Waals surface area contributed by atoms with E-state index in [-0.39, 0.29) is 6.42 Å². The molecule has 1 atom stereocenters. The van der Waals surface area contributed by atoms with Crippen molar-refractivity contribution in [3.05, 3.63) is 33.5 Å². The van der Waals surface area contributed by atoms with Crippen LogP contribution >= 0.6 is 22.6 Å². The maximum Gasteiger partial charge on any atom is 0.395 e. The Balaban J connectivity index is 2.97. The van der Waals surface area contributed by atoms with E-state index in [1.807, 2.05) is 22.6 Å². The summed E-state index contributed by atoms with van der Waals surface area (Å²) in [5.74, 6) is -1.35. The molecule has 0 aliphatic heterocycles. The van der Waals surface area contributed by atoms with Crippen molar-refractivity contribution >= 4 is 22.6 Å². The van der Waals surface area contributed by atoms with Gasteiger partial charge < -0.3 is 0 Å². The Bertz CT molecular complexity index is 310. The van der Waals surface area contributed by atoms with Gasteiger partial charge in [-0.2, -0.15) is 13.2 Å². The average Bonchev–Trinajstić information content (AvgIpc) is 2.02. The summed E-state index contributed by atoms with van der Waals surface area (Å²) in [6.45, 7) is 5.38. The van der Waals surface area contributed by atoms with Crippen LogP contribution in [0.4, 0.5) is 13.2 Å². The summed E-state index contributed by atoms with van der Waals surface area (Å²) in [6.07, 6.45) is -1.22. The van der Waals surface area contributed by atoms with E-state index < -0.39 is 12.1 Å². The lowest BCUT2D eigenvalue weighted by atomic mass is 9.93. The summed E-state index contributed by atoms with van der Waals surface area (Å²) < 4.78 is 38.1. The monoisotopic (exact) mass is 314 g/mol. The van der Waals surface area contributed by atoms with Crippen molar-refractivity contribution in [3.8, 4) is 0 Å². The zero-order chi connectivity index (χ0) is 10.9. The molecule has 1 aliphatic carbocycles. The Morgan fingerprint density at radius 3 is 2.57 bits per heavy atom. The second kappa shape index (κ2) is 4.08. The molecule has 0 radical (unpaired) electrons. The second-order valence-electron chi connectivity index (χ2n) is 3.30. The molecule has 0 amide bonds. The normalized spacial score (nSPS) is 22.8. The summed E-state index contributed by atoms with van der Waals surface area (Å²) >= 11 is 2.04. The van der Waals surface area contributed by atoms with Crippen molar-refractivity contribution in [2.75, 3.05) is 0 Å². The molecule has 1 aliphatic rings. The first kappa shape index (κ1) is 11.8. The topological polar surface area (TPSA) is 0 Å². The zero-order valence-electron chi connectivity index (χ0n) is 7.66. The molecule has 78 valence electrons. The van der Waals surface area contributed by atoms with E-state index in [4.69, 9.17) is 0 Å². The van der Waals surface area contributed by atoms with Gasteiger partial charge in [0.2, 0.25) is 0 Å². The van der Waals surface area contributed by atoms with E-state index in [0.29, 0.717) is 11.1 Å². The molecule has 0 saturated carbocycles. The lowest BCUT2D eigenvalue weighted by Crippen LogP contribution is -2.22. The van der Waals surface area contributed by atoms with Crippen LogP contribution in [-0.2, 0) is 0 Å². The van der Waals surface area contributed by atoms with E-state index in [1.165, 1.54) is 6.08 Å². The van der Waals surface area contributed by atoms with Crippen LogP contribution in [0.15, 0.2) is 33.5 Å². The fourth-order valence-electron chi connectivity index (χ4n) is 1.26.